The molecule has 1 aliphatic carbocycles. The molecule has 0 N–H and O–H groups in total. The van der Waals surface area contributed by atoms with Crippen molar-refractivity contribution in [3.8, 4) is 23.0 Å². The molecule has 1 saturated carbocycles. The maximum Gasteiger partial charge on any atom is 0.419 e. The molecule has 0 saturated heterocycles. The smallest absolute Gasteiger partial charge is 0.206 e. The highest BCUT2D eigenvalue weighted by Gasteiger charge is 2.34. The van der Waals surface area contributed by atoms with Gasteiger partial charge in [-0.05, 0) is 66.8 Å². The van der Waals surface area contributed by atoms with Gasteiger partial charge in [-0.3, -0.25) is 0 Å². The second-order valence-corrected chi connectivity index (χ2v) is 8.45. The van der Waals surface area contributed by atoms with Crippen molar-refractivity contribution < 1.29 is 22.0 Å². The summed E-state index contributed by atoms with van der Waals surface area (Å²) < 4.78 is 67.9. The second kappa shape index (κ2) is 8.94. The lowest BCUT2D eigenvalue weighted by Crippen LogP contribution is -2.12. The summed E-state index contributed by atoms with van der Waals surface area (Å²) in [4.78, 5) is 0. The zero-order valence-corrected chi connectivity index (χ0v) is 17.7. The number of hydrogen-bond donors (Lipinski definition) is 0. The van der Waals surface area contributed by atoms with Crippen LogP contribution in [0.25, 0.3) is 21.9 Å². The molecule has 0 spiro atoms. The van der Waals surface area contributed by atoms with Gasteiger partial charge in [0.25, 0.3) is 0 Å². The van der Waals surface area contributed by atoms with Crippen LogP contribution < -0.4 is 0 Å². The first-order chi connectivity index (χ1) is 15.3. The van der Waals surface area contributed by atoms with Crippen LogP contribution in [0.15, 0.2) is 48.5 Å². The molecule has 166 valence electrons. The topological polar surface area (TPSA) is 0 Å². The Bertz CT molecular complexity index is 1190. The summed E-state index contributed by atoms with van der Waals surface area (Å²) in [7, 11) is 0. The minimum absolute atomic E-state index is 0.149. The van der Waals surface area contributed by atoms with Crippen LogP contribution in [0, 0.1) is 35.3 Å². The van der Waals surface area contributed by atoms with Gasteiger partial charge < -0.3 is 0 Å². The summed E-state index contributed by atoms with van der Waals surface area (Å²) in [5.74, 6) is 5.69. The molecule has 1 fully saturated rings. The van der Waals surface area contributed by atoms with E-state index in [4.69, 9.17) is 0 Å². The van der Waals surface area contributed by atoms with Gasteiger partial charge in [0.2, 0.25) is 0 Å². The molecule has 0 heterocycles. The third-order valence-electron chi connectivity index (χ3n) is 6.38. The van der Waals surface area contributed by atoms with Gasteiger partial charge in [-0.25, -0.2) is 8.78 Å². The zero-order valence-electron chi connectivity index (χ0n) is 17.7. The molecule has 4 rings (SSSR count). The van der Waals surface area contributed by atoms with Crippen molar-refractivity contribution in [1.29, 1.82) is 0 Å². The van der Waals surface area contributed by atoms with E-state index in [1.54, 1.807) is 12.1 Å². The van der Waals surface area contributed by atoms with E-state index in [2.05, 4.69) is 18.8 Å². The predicted octanol–water partition coefficient (Wildman–Crippen LogP) is 8.37. The second-order valence-electron chi connectivity index (χ2n) is 8.45. The fourth-order valence-electron chi connectivity index (χ4n) is 4.41. The van der Waals surface area contributed by atoms with E-state index in [1.807, 2.05) is 0 Å². The molecule has 0 atom stereocenters. The lowest BCUT2D eigenvalue weighted by molar-refractivity contribution is -0.139. The van der Waals surface area contributed by atoms with Crippen molar-refractivity contribution in [3.05, 3.63) is 71.3 Å². The quantitative estimate of drug-likeness (QED) is 0.276. The predicted molar refractivity (Wildman–Crippen MR) is 117 cm³/mol. The molecule has 0 aliphatic heterocycles. The maximum absolute atomic E-state index is 14.8. The Labute approximate surface area is 184 Å². The minimum Gasteiger partial charge on any atom is -0.206 e. The lowest BCUT2D eigenvalue weighted by Gasteiger charge is -2.24. The van der Waals surface area contributed by atoms with Crippen molar-refractivity contribution in [2.24, 2.45) is 11.8 Å². The van der Waals surface area contributed by atoms with Crippen LogP contribution in [0.4, 0.5) is 22.0 Å². The molecule has 5 heteroatoms. The molecular formula is C27H23F5. The maximum atomic E-state index is 14.8. The molecule has 0 unspecified atom stereocenters. The highest BCUT2D eigenvalue weighted by atomic mass is 19.4. The summed E-state index contributed by atoms with van der Waals surface area (Å²) in [6.07, 6.45) is 0.977. The normalized spacial score (nSPS) is 18.9. The Hall–Kier alpha value is -2.87. The van der Waals surface area contributed by atoms with Gasteiger partial charge in [-0.2, -0.15) is 13.2 Å². The molecule has 0 nitrogen and oxygen atoms in total. The molecule has 3 aromatic rings. The van der Waals surface area contributed by atoms with Gasteiger partial charge in [0, 0.05) is 22.4 Å². The molecule has 0 aromatic heterocycles. The Kier molecular flexibility index (Phi) is 6.24. The number of rotatable bonds is 2. The monoisotopic (exact) mass is 442 g/mol. The Morgan fingerprint density at radius 1 is 0.906 bits per heavy atom. The number of fused-ring (bicyclic) bond motifs is 1. The van der Waals surface area contributed by atoms with E-state index in [-0.39, 0.29) is 10.8 Å². The SMILES string of the molecule is CCC1CCC(C#Cc2ccc(-c3ccc4c(F)c(C(F)(F)F)ccc4c3)c(F)c2)CC1. The molecule has 0 amide bonds. The van der Waals surface area contributed by atoms with E-state index in [9.17, 15) is 22.0 Å². The fourth-order valence-corrected chi connectivity index (χ4v) is 4.41. The van der Waals surface area contributed by atoms with Crippen LogP contribution in [-0.4, -0.2) is 0 Å². The third-order valence-corrected chi connectivity index (χ3v) is 6.38. The van der Waals surface area contributed by atoms with Gasteiger partial charge in [-0.1, -0.05) is 49.5 Å². The average molecular weight is 442 g/mol. The zero-order chi connectivity index (χ0) is 22.9. The first kappa shape index (κ1) is 22.3. The first-order valence-electron chi connectivity index (χ1n) is 10.9. The van der Waals surface area contributed by atoms with Crippen LogP contribution in [0.3, 0.4) is 0 Å². The van der Waals surface area contributed by atoms with Crippen molar-refractivity contribution in [1.82, 2.24) is 0 Å². The van der Waals surface area contributed by atoms with Crippen LogP contribution in [0.1, 0.15) is 50.2 Å². The summed E-state index contributed by atoms with van der Waals surface area (Å²) in [6, 6.07) is 10.8. The van der Waals surface area contributed by atoms with Crippen LogP contribution in [0.5, 0.6) is 0 Å². The number of benzene rings is 3. The van der Waals surface area contributed by atoms with Crippen molar-refractivity contribution in [3.63, 3.8) is 0 Å². The van der Waals surface area contributed by atoms with Crippen molar-refractivity contribution in [2.45, 2.75) is 45.2 Å². The van der Waals surface area contributed by atoms with Gasteiger partial charge in [0.05, 0.1) is 5.56 Å². The van der Waals surface area contributed by atoms with Gasteiger partial charge >= 0.3 is 6.18 Å². The summed E-state index contributed by atoms with van der Waals surface area (Å²) >= 11 is 0. The summed E-state index contributed by atoms with van der Waals surface area (Å²) in [5, 5.41) is 0.128. The van der Waals surface area contributed by atoms with Crippen LogP contribution in [-0.2, 0) is 6.18 Å². The van der Waals surface area contributed by atoms with Crippen molar-refractivity contribution in [2.75, 3.05) is 0 Å². The van der Waals surface area contributed by atoms with Gasteiger partial charge in [0.15, 0.2) is 0 Å². The molecule has 0 bridgehead atoms. The average Bonchev–Trinajstić information content (AvgIpc) is 2.77. The Balaban J connectivity index is 1.58. The summed E-state index contributed by atoms with van der Waals surface area (Å²) in [5.41, 5.74) is 0.0355. The van der Waals surface area contributed by atoms with Crippen LogP contribution in [0.2, 0.25) is 0 Å². The largest absolute Gasteiger partial charge is 0.419 e. The standard InChI is InChI=1S/C27H23F5/c1-2-17-3-5-18(6-4-17)7-8-19-9-12-22(25(28)15-19)20-10-13-23-21(16-20)11-14-24(26(23)29)27(30,31)32/h9-18H,2-6H2,1H3. The molecule has 32 heavy (non-hydrogen) atoms. The van der Waals surface area contributed by atoms with E-state index < -0.39 is 23.4 Å². The van der Waals surface area contributed by atoms with E-state index >= 15 is 0 Å². The van der Waals surface area contributed by atoms with Crippen LogP contribution >= 0.6 is 0 Å². The summed E-state index contributed by atoms with van der Waals surface area (Å²) in [6.45, 7) is 2.22. The van der Waals surface area contributed by atoms with E-state index in [0.29, 0.717) is 28.7 Å². The van der Waals surface area contributed by atoms with Gasteiger partial charge in [0.1, 0.15) is 11.6 Å². The molecule has 3 aromatic carbocycles. The van der Waals surface area contributed by atoms with Gasteiger partial charge in [-0.15, -0.1) is 0 Å². The van der Waals surface area contributed by atoms with Crippen molar-refractivity contribution >= 4 is 10.8 Å². The molecule has 1 aliphatic rings. The molecular weight excluding hydrogens is 419 g/mol. The number of hydrogen-bond acceptors (Lipinski definition) is 0. The number of halogens is 5. The third kappa shape index (κ3) is 4.65. The minimum atomic E-state index is -4.77. The van der Waals surface area contributed by atoms with E-state index in [1.165, 1.54) is 49.6 Å². The molecule has 0 radical (unpaired) electrons. The Morgan fingerprint density at radius 2 is 1.66 bits per heavy atom. The Morgan fingerprint density at radius 3 is 2.31 bits per heavy atom. The highest BCUT2D eigenvalue weighted by Crippen LogP contribution is 2.36. The lowest BCUT2D eigenvalue weighted by atomic mass is 9.81. The number of alkyl halides is 3. The fraction of sp³-hybridized carbons (Fsp3) is 0.333. The van der Waals surface area contributed by atoms with E-state index in [0.717, 1.165) is 18.8 Å². The highest BCUT2D eigenvalue weighted by molar-refractivity contribution is 5.88. The first-order valence-corrected chi connectivity index (χ1v) is 10.9.